The Hall–Kier alpha value is -2.34. The first-order valence-electron chi connectivity index (χ1n) is 9.62. The molecule has 30 heavy (non-hydrogen) atoms. The van der Waals surface area contributed by atoms with Crippen LogP contribution >= 0.6 is 34.7 Å². The van der Waals surface area contributed by atoms with Gasteiger partial charge >= 0.3 is 0 Å². The smallest absolute Gasteiger partial charge is 0.219 e. The summed E-state index contributed by atoms with van der Waals surface area (Å²) in [5.74, 6) is -0.189. The Morgan fingerprint density at radius 2 is 2.17 bits per heavy atom. The van der Waals surface area contributed by atoms with Crippen molar-refractivity contribution >= 4 is 45.6 Å². The van der Waals surface area contributed by atoms with Crippen molar-refractivity contribution in [1.29, 1.82) is 5.26 Å². The van der Waals surface area contributed by atoms with Gasteiger partial charge in [0.25, 0.3) is 0 Å². The van der Waals surface area contributed by atoms with E-state index < -0.39 is 5.92 Å². The number of nitrogens with two attached hydrogens (primary N) is 1. The summed E-state index contributed by atoms with van der Waals surface area (Å²) >= 11 is 9.25. The lowest BCUT2D eigenvalue weighted by molar-refractivity contribution is -0.116. The van der Waals surface area contributed by atoms with E-state index in [1.54, 1.807) is 28.8 Å². The van der Waals surface area contributed by atoms with E-state index in [1.165, 1.54) is 11.3 Å². The molecule has 1 unspecified atom stereocenters. The van der Waals surface area contributed by atoms with Gasteiger partial charge in [0.05, 0.1) is 17.6 Å². The maximum Gasteiger partial charge on any atom is 0.219 e. The van der Waals surface area contributed by atoms with Gasteiger partial charge < -0.3 is 5.73 Å². The summed E-state index contributed by atoms with van der Waals surface area (Å²) in [5.41, 5.74) is 9.08. The molecule has 2 N–H and O–H groups in total. The Morgan fingerprint density at radius 3 is 2.87 bits per heavy atom. The SMILES string of the molecule is CC(C)Sc1nnc(N2C(N)=C(C#N)C(c3cccc(Cl)c3)C3=C2CCCC3=O)s1. The lowest BCUT2D eigenvalue weighted by Crippen LogP contribution is -2.38. The zero-order valence-corrected chi connectivity index (χ0v) is 18.9. The van der Waals surface area contributed by atoms with Gasteiger partial charge in [-0.05, 0) is 30.5 Å². The molecule has 1 aromatic heterocycles. The van der Waals surface area contributed by atoms with Crippen molar-refractivity contribution < 1.29 is 4.79 Å². The van der Waals surface area contributed by atoms with Gasteiger partial charge in [-0.3, -0.25) is 9.69 Å². The fraction of sp³-hybridized carbons (Fsp3) is 0.333. The van der Waals surface area contributed by atoms with Crippen LogP contribution in [0, 0.1) is 11.3 Å². The molecule has 0 saturated carbocycles. The number of allylic oxidation sites excluding steroid dienone is 3. The number of benzene rings is 1. The molecule has 2 aromatic rings. The number of anilines is 1. The summed E-state index contributed by atoms with van der Waals surface area (Å²) in [7, 11) is 0. The Labute approximate surface area is 188 Å². The number of ketones is 1. The molecule has 0 fully saturated rings. The normalized spacial score (nSPS) is 19.4. The monoisotopic (exact) mass is 457 g/mol. The van der Waals surface area contributed by atoms with Crippen LogP contribution in [0.4, 0.5) is 5.13 Å². The van der Waals surface area contributed by atoms with Crippen molar-refractivity contribution in [2.75, 3.05) is 4.90 Å². The van der Waals surface area contributed by atoms with Gasteiger partial charge in [0.15, 0.2) is 10.1 Å². The quantitative estimate of drug-likeness (QED) is 0.645. The molecule has 1 atom stereocenters. The summed E-state index contributed by atoms with van der Waals surface area (Å²) in [6.45, 7) is 4.18. The topological polar surface area (TPSA) is 95.9 Å². The third kappa shape index (κ3) is 3.73. The minimum Gasteiger partial charge on any atom is -0.384 e. The standard InChI is InChI=1S/C21H20ClN5OS2/c1-11(2)29-21-26-25-20(30-21)27-15-7-4-8-16(28)18(15)17(14(10-23)19(27)24)12-5-3-6-13(22)9-12/h3,5-6,9,11,17H,4,7-8,24H2,1-2H3. The fourth-order valence-corrected chi connectivity index (χ4v) is 6.17. The minimum atomic E-state index is -0.523. The summed E-state index contributed by atoms with van der Waals surface area (Å²) < 4.78 is 0.826. The molecular formula is C21H20ClN5OS2. The molecular weight excluding hydrogens is 438 g/mol. The van der Waals surface area contributed by atoms with Crippen molar-refractivity contribution in [3.05, 3.63) is 57.5 Å². The van der Waals surface area contributed by atoms with E-state index in [-0.39, 0.29) is 5.78 Å². The molecule has 0 saturated heterocycles. The number of nitriles is 1. The lowest BCUT2D eigenvalue weighted by atomic mass is 9.76. The van der Waals surface area contributed by atoms with Crippen LogP contribution in [0.5, 0.6) is 0 Å². The van der Waals surface area contributed by atoms with Crippen LogP contribution in [0.2, 0.25) is 5.02 Å². The fourth-order valence-electron chi connectivity index (χ4n) is 3.87. The molecule has 1 aliphatic heterocycles. The second kappa shape index (κ2) is 8.42. The number of Topliss-reactive ketones (excluding diaryl/α,β-unsaturated/α-hetero) is 1. The number of hydrogen-bond acceptors (Lipinski definition) is 8. The predicted molar refractivity (Wildman–Crippen MR) is 120 cm³/mol. The van der Waals surface area contributed by atoms with Crippen molar-refractivity contribution in [3.63, 3.8) is 0 Å². The lowest BCUT2D eigenvalue weighted by Gasteiger charge is -2.38. The second-order valence-corrected chi connectivity index (χ2v) is 10.6. The van der Waals surface area contributed by atoms with E-state index in [1.807, 2.05) is 12.1 Å². The maximum absolute atomic E-state index is 13.1. The third-order valence-electron chi connectivity index (χ3n) is 5.02. The Balaban J connectivity index is 1.89. The molecule has 1 aliphatic carbocycles. The van der Waals surface area contributed by atoms with Crippen molar-refractivity contribution in [3.8, 4) is 6.07 Å². The van der Waals surface area contributed by atoms with Crippen molar-refractivity contribution in [2.24, 2.45) is 5.73 Å². The maximum atomic E-state index is 13.1. The molecule has 0 radical (unpaired) electrons. The summed E-state index contributed by atoms with van der Waals surface area (Å²) in [4.78, 5) is 14.8. The molecule has 0 bridgehead atoms. The highest BCUT2D eigenvalue weighted by Crippen LogP contribution is 2.47. The average molecular weight is 458 g/mol. The summed E-state index contributed by atoms with van der Waals surface area (Å²) in [6, 6.07) is 9.52. The van der Waals surface area contributed by atoms with E-state index in [0.29, 0.717) is 45.2 Å². The number of hydrogen-bond donors (Lipinski definition) is 1. The molecule has 154 valence electrons. The summed E-state index contributed by atoms with van der Waals surface area (Å²) in [6.07, 6.45) is 1.87. The highest BCUT2D eigenvalue weighted by atomic mass is 35.5. The van der Waals surface area contributed by atoms with E-state index in [0.717, 1.165) is 22.0 Å². The number of nitrogens with zero attached hydrogens (tertiary/aromatic N) is 4. The van der Waals surface area contributed by atoms with Gasteiger partial charge in [0.2, 0.25) is 5.13 Å². The van der Waals surface area contributed by atoms with Crippen LogP contribution in [-0.2, 0) is 4.79 Å². The first-order valence-corrected chi connectivity index (χ1v) is 11.7. The van der Waals surface area contributed by atoms with Crippen LogP contribution in [0.25, 0.3) is 0 Å². The first kappa shape index (κ1) is 20.9. The zero-order chi connectivity index (χ0) is 21.4. The van der Waals surface area contributed by atoms with E-state index in [2.05, 4.69) is 30.1 Å². The van der Waals surface area contributed by atoms with E-state index in [9.17, 15) is 10.1 Å². The van der Waals surface area contributed by atoms with Crippen LogP contribution in [-0.4, -0.2) is 21.2 Å². The van der Waals surface area contributed by atoms with Crippen LogP contribution in [0.1, 0.15) is 44.6 Å². The van der Waals surface area contributed by atoms with Crippen molar-refractivity contribution in [1.82, 2.24) is 10.2 Å². The Bertz CT molecular complexity index is 1110. The first-order chi connectivity index (χ1) is 14.4. The molecule has 9 heteroatoms. The molecule has 6 nitrogen and oxygen atoms in total. The van der Waals surface area contributed by atoms with Gasteiger partial charge in [-0.1, -0.05) is 60.7 Å². The second-order valence-electron chi connectivity index (χ2n) is 7.39. The number of aromatic nitrogens is 2. The van der Waals surface area contributed by atoms with Crippen LogP contribution < -0.4 is 10.6 Å². The highest BCUT2D eigenvalue weighted by molar-refractivity contribution is 8.01. The average Bonchev–Trinajstić information content (AvgIpc) is 3.14. The van der Waals surface area contributed by atoms with E-state index >= 15 is 0 Å². The molecule has 0 amide bonds. The number of rotatable bonds is 4. The molecule has 1 aromatic carbocycles. The number of carbonyl (C=O) groups is 1. The highest BCUT2D eigenvalue weighted by Gasteiger charge is 2.41. The number of halogens is 1. The number of thioether (sulfide) groups is 1. The summed E-state index contributed by atoms with van der Waals surface area (Å²) in [5, 5.41) is 20.1. The molecule has 4 rings (SSSR count). The van der Waals surface area contributed by atoms with Crippen LogP contribution in [0.3, 0.4) is 0 Å². The number of carbonyl (C=O) groups excluding carboxylic acids is 1. The minimum absolute atomic E-state index is 0.0350. The Kier molecular flexibility index (Phi) is 5.87. The van der Waals surface area contributed by atoms with Gasteiger partial charge in [-0.25, -0.2) is 0 Å². The predicted octanol–water partition coefficient (Wildman–Crippen LogP) is 5.00. The molecule has 0 spiro atoms. The molecule has 2 heterocycles. The Morgan fingerprint density at radius 1 is 1.37 bits per heavy atom. The molecule has 2 aliphatic rings. The van der Waals surface area contributed by atoms with Crippen LogP contribution in [0.15, 0.2) is 51.3 Å². The largest absolute Gasteiger partial charge is 0.384 e. The zero-order valence-electron chi connectivity index (χ0n) is 16.6. The van der Waals surface area contributed by atoms with E-state index in [4.69, 9.17) is 17.3 Å². The third-order valence-corrected chi connectivity index (χ3v) is 7.25. The van der Waals surface area contributed by atoms with Gasteiger partial charge in [-0.2, -0.15) is 5.26 Å². The van der Waals surface area contributed by atoms with Crippen molar-refractivity contribution in [2.45, 2.75) is 48.6 Å². The van der Waals surface area contributed by atoms with Gasteiger partial charge in [-0.15, -0.1) is 10.2 Å². The van der Waals surface area contributed by atoms with Gasteiger partial charge in [0, 0.05) is 28.0 Å². The van der Waals surface area contributed by atoms with Gasteiger partial charge in [0.1, 0.15) is 5.82 Å².